The number of fused-ring (bicyclic) bond motifs is 1. The van der Waals surface area contributed by atoms with E-state index < -0.39 is 0 Å². The first-order valence-corrected chi connectivity index (χ1v) is 14.8. The van der Waals surface area contributed by atoms with Crippen LogP contribution in [0.5, 0.6) is 17.2 Å². The molecule has 228 valence electrons. The molecular formula is C35H36ClN3O5. The Morgan fingerprint density at radius 2 is 1.43 bits per heavy atom. The van der Waals surface area contributed by atoms with Crippen LogP contribution in [-0.4, -0.2) is 42.4 Å². The fourth-order valence-electron chi connectivity index (χ4n) is 4.89. The number of hydrogen-bond acceptors (Lipinski definition) is 7. The smallest absolute Gasteiger partial charge is 0.257 e. The van der Waals surface area contributed by atoms with E-state index in [9.17, 15) is 15.0 Å². The molecule has 0 bridgehead atoms. The van der Waals surface area contributed by atoms with Gasteiger partial charge in [-0.15, -0.1) is 0 Å². The van der Waals surface area contributed by atoms with Crippen LogP contribution < -0.4 is 20.7 Å². The fourth-order valence-corrected chi connectivity index (χ4v) is 5.07. The molecule has 0 saturated carbocycles. The summed E-state index contributed by atoms with van der Waals surface area (Å²) >= 11 is 6.09. The molecule has 5 N–H and O–H groups in total. The molecule has 1 heterocycles. The van der Waals surface area contributed by atoms with E-state index in [1.807, 2.05) is 54.6 Å². The number of ether oxygens (including phenoxy) is 1. The molecule has 4 aromatic carbocycles. The molecule has 0 aliphatic carbocycles. The summed E-state index contributed by atoms with van der Waals surface area (Å²) in [5.74, 6) is 1.52. The van der Waals surface area contributed by atoms with Crippen molar-refractivity contribution in [2.75, 3.05) is 26.2 Å². The van der Waals surface area contributed by atoms with Crippen molar-refractivity contribution in [1.29, 1.82) is 0 Å². The lowest BCUT2D eigenvalue weighted by Gasteiger charge is -2.31. The standard InChI is InChI=1S/C35H36ClN3O5/c1-35(21-37-18-25-6-2-4-8-30(25)40,22-38-19-26-7-3-5-9-31(26)41)23-39-34(42)20-43-29-13-10-24(11-14-29)33-17-27-16-28(36)12-15-32(27)44-33/h2-17,37-38,40-41H,18-23H2,1H3,(H,39,42). The lowest BCUT2D eigenvalue weighted by Crippen LogP contribution is -2.48. The zero-order chi connectivity index (χ0) is 30.9. The quantitative estimate of drug-likeness (QED) is 0.101. The summed E-state index contributed by atoms with van der Waals surface area (Å²) in [6.45, 7) is 4.40. The molecule has 5 aromatic rings. The van der Waals surface area contributed by atoms with Crippen LogP contribution in [0.3, 0.4) is 0 Å². The van der Waals surface area contributed by atoms with Gasteiger partial charge in [-0.3, -0.25) is 4.79 Å². The Bertz CT molecular complexity index is 1650. The van der Waals surface area contributed by atoms with E-state index in [0.717, 1.165) is 33.4 Å². The van der Waals surface area contributed by atoms with E-state index in [1.165, 1.54) is 0 Å². The fraction of sp³-hybridized carbons (Fsp3) is 0.229. The minimum Gasteiger partial charge on any atom is -0.508 e. The summed E-state index contributed by atoms with van der Waals surface area (Å²) in [5.41, 5.74) is 2.85. The third-order valence-electron chi connectivity index (χ3n) is 7.42. The van der Waals surface area contributed by atoms with Crippen LogP contribution in [0.4, 0.5) is 0 Å². The van der Waals surface area contributed by atoms with Crippen molar-refractivity contribution >= 4 is 28.5 Å². The van der Waals surface area contributed by atoms with E-state index in [1.54, 1.807) is 42.5 Å². The number of phenols is 2. The largest absolute Gasteiger partial charge is 0.508 e. The monoisotopic (exact) mass is 613 g/mol. The Labute approximate surface area is 261 Å². The third kappa shape index (κ3) is 8.32. The van der Waals surface area contributed by atoms with Gasteiger partial charge in [0, 0.05) is 65.2 Å². The summed E-state index contributed by atoms with van der Waals surface area (Å²) in [6, 6.07) is 29.2. The molecule has 8 nitrogen and oxygen atoms in total. The van der Waals surface area contributed by atoms with Gasteiger partial charge in [-0.05, 0) is 60.7 Å². The number of furan rings is 1. The second-order valence-corrected chi connectivity index (χ2v) is 11.6. The Hall–Kier alpha value is -4.50. The molecule has 0 aliphatic rings. The number of amides is 1. The van der Waals surface area contributed by atoms with Crippen LogP contribution in [0.15, 0.2) is 101 Å². The van der Waals surface area contributed by atoms with Crippen molar-refractivity contribution in [2.24, 2.45) is 5.41 Å². The molecule has 9 heteroatoms. The van der Waals surface area contributed by atoms with Crippen molar-refractivity contribution in [3.63, 3.8) is 0 Å². The van der Waals surface area contributed by atoms with Gasteiger partial charge in [0.15, 0.2) is 6.61 Å². The Balaban J connectivity index is 1.14. The van der Waals surface area contributed by atoms with Gasteiger partial charge >= 0.3 is 0 Å². The van der Waals surface area contributed by atoms with Gasteiger partial charge in [0.05, 0.1) is 0 Å². The van der Waals surface area contributed by atoms with Crippen molar-refractivity contribution in [2.45, 2.75) is 20.0 Å². The van der Waals surface area contributed by atoms with Gasteiger partial charge < -0.3 is 35.3 Å². The third-order valence-corrected chi connectivity index (χ3v) is 7.65. The van der Waals surface area contributed by atoms with Gasteiger partial charge in [0.1, 0.15) is 28.6 Å². The highest BCUT2D eigenvalue weighted by Gasteiger charge is 2.25. The van der Waals surface area contributed by atoms with E-state index in [2.05, 4.69) is 22.9 Å². The summed E-state index contributed by atoms with van der Waals surface area (Å²) < 4.78 is 11.7. The average molecular weight is 614 g/mol. The Morgan fingerprint density at radius 1 is 0.818 bits per heavy atom. The summed E-state index contributed by atoms with van der Waals surface area (Å²) in [5, 5.41) is 31.6. The number of phenolic OH excluding ortho intramolecular Hbond substituents is 2. The van der Waals surface area contributed by atoms with Gasteiger partial charge in [-0.2, -0.15) is 0 Å². The molecule has 0 radical (unpaired) electrons. The average Bonchev–Trinajstić information content (AvgIpc) is 3.44. The SMILES string of the molecule is CC(CNCc1ccccc1O)(CNCc1ccccc1O)CNC(=O)COc1ccc(-c2cc3cc(Cl)ccc3o2)cc1. The second-order valence-electron chi connectivity index (χ2n) is 11.2. The molecule has 0 spiro atoms. The zero-order valence-corrected chi connectivity index (χ0v) is 25.2. The summed E-state index contributed by atoms with van der Waals surface area (Å²) in [4.78, 5) is 12.8. The maximum Gasteiger partial charge on any atom is 0.257 e. The highest BCUT2D eigenvalue weighted by molar-refractivity contribution is 6.31. The van der Waals surface area contributed by atoms with Crippen molar-refractivity contribution in [3.05, 3.63) is 113 Å². The number of para-hydroxylation sites is 2. The molecule has 0 unspecified atom stereocenters. The van der Waals surface area contributed by atoms with Crippen LogP contribution in [0.2, 0.25) is 5.02 Å². The number of nitrogens with one attached hydrogen (secondary N) is 3. The molecule has 0 aliphatic heterocycles. The van der Waals surface area contributed by atoms with Gasteiger partial charge in [0.25, 0.3) is 5.91 Å². The maximum atomic E-state index is 12.8. The van der Waals surface area contributed by atoms with E-state index >= 15 is 0 Å². The Kier molecular flexibility index (Phi) is 10.1. The summed E-state index contributed by atoms with van der Waals surface area (Å²) in [7, 11) is 0. The molecule has 44 heavy (non-hydrogen) atoms. The number of aromatic hydroxyl groups is 2. The molecular weight excluding hydrogens is 578 g/mol. The van der Waals surface area contributed by atoms with Crippen LogP contribution in [0, 0.1) is 5.41 Å². The Morgan fingerprint density at radius 3 is 2.05 bits per heavy atom. The number of halogens is 1. The second kappa shape index (κ2) is 14.3. The number of hydrogen-bond donors (Lipinski definition) is 5. The van der Waals surface area contributed by atoms with Crippen LogP contribution in [-0.2, 0) is 17.9 Å². The molecule has 1 aromatic heterocycles. The maximum absolute atomic E-state index is 12.8. The highest BCUT2D eigenvalue weighted by Crippen LogP contribution is 2.30. The van der Waals surface area contributed by atoms with Crippen molar-refractivity contribution in [1.82, 2.24) is 16.0 Å². The minimum atomic E-state index is -0.386. The number of benzene rings is 4. The predicted molar refractivity (Wildman–Crippen MR) is 173 cm³/mol. The molecule has 1 amide bonds. The van der Waals surface area contributed by atoms with Crippen LogP contribution in [0.1, 0.15) is 18.1 Å². The lowest BCUT2D eigenvalue weighted by atomic mass is 9.89. The van der Waals surface area contributed by atoms with Crippen molar-refractivity contribution in [3.8, 4) is 28.6 Å². The van der Waals surface area contributed by atoms with E-state index in [-0.39, 0.29) is 29.4 Å². The minimum absolute atomic E-state index is 0.130. The van der Waals surface area contributed by atoms with Gasteiger partial charge in [0.2, 0.25) is 0 Å². The first-order valence-electron chi connectivity index (χ1n) is 14.4. The number of rotatable bonds is 14. The lowest BCUT2D eigenvalue weighted by molar-refractivity contribution is -0.123. The first kappa shape index (κ1) is 30.9. The number of carbonyl (C=O) groups is 1. The molecule has 0 saturated heterocycles. The van der Waals surface area contributed by atoms with Gasteiger partial charge in [-0.25, -0.2) is 0 Å². The first-order chi connectivity index (χ1) is 21.3. The number of carbonyl (C=O) groups excluding carboxylic acids is 1. The van der Waals surface area contributed by atoms with Crippen LogP contribution in [0.25, 0.3) is 22.3 Å². The van der Waals surface area contributed by atoms with Gasteiger partial charge in [-0.1, -0.05) is 54.9 Å². The highest BCUT2D eigenvalue weighted by atomic mass is 35.5. The van der Waals surface area contributed by atoms with Crippen molar-refractivity contribution < 1.29 is 24.2 Å². The molecule has 0 fully saturated rings. The summed E-state index contributed by atoms with van der Waals surface area (Å²) in [6.07, 6.45) is 0. The normalized spacial score (nSPS) is 11.5. The van der Waals surface area contributed by atoms with E-state index in [0.29, 0.717) is 43.5 Å². The zero-order valence-electron chi connectivity index (χ0n) is 24.5. The van der Waals surface area contributed by atoms with Crippen LogP contribution >= 0.6 is 11.6 Å². The predicted octanol–water partition coefficient (Wildman–Crippen LogP) is 6.25. The molecule has 0 atom stereocenters. The topological polar surface area (TPSA) is 116 Å². The van der Waals surface area contributed by atoms with E-state index in [4.69, 9.17) is 20.8 Å². The molecule has 5 rings (SSSR count).